The first-order chi connectivity index (χ1) is 9.01. The van der Waals surface area contributed by atoms with Gasteiger partial charge in [0, 0.05) is 12.2 Å². The molecular formula is C14H24N2O2S. The van der Waals surface area contributed by atoms with Gasteiger partial charge in [0.05, 0.1) is 5.75 Å². The Morgan fingerprint density at radius 1 is 1.05 bits per heavy atom. The van der Waals surface area contributed by atoms with E-state index in [4.69, 9.17) is 5.14 Å². The molecule has 0 aliphatic heterocycles. The first-order valence-electron chi connectivity index (χ1n) is 6.84. The van der Waals surface area contributed by atoms with E-state index in [0.29, 0.717) is 0 Å². The Morgan fingerprint density at radius 2 is 1.68 bits per heavy atom. The first-order valence-corrected chi connectivity index (χ1v) is 8.56. The highest BCUT2D eigenvalue weighted by Crippen LogP contribution is 2.11. The summed E-state index contributed by atoms with van der Waals surface area (Å²) >= 11 is 0. The molecule has 1 aromatic rings. The Labute approximate surface area is 116 Å². The number of benzene rings is 1. The van der Waals surface area contributed by atoms with E-state index in [2.05, 4.69) is 12.2 Å². The van der Waals surface area contributed by atoms with Crippen molar-refractivity contribution in [1.29, 1.82) is 0 Å². The van der Waals surface area contributed by atoms with Gasteiger partial charge < -0.3 is 5.32 Å². The minimum absolute atomic E-state index is 0.107. The zero-order chi connectivity index (χ0) is 14.1. The summed E-state index contributed by atoms with van der Waals surface area (Å²) in [4.78, 5) is 0. The average molecular weight is 284 g/mol. The van der Waals surface area contributed by atoms with Crippen molar-refractivity contribution < 1.29 is 8.42 Å². The fraction of sp³-hybridized carbons (Fsp3) is 0.571. The zero-order valence-electron chi connectivity index (χ0n) is 11.6. The maximum Gasteiger partial charge on any atom is 0.213 e. The second kappa shape index (κ2) is 8.17. The van der Waals surface area contributed by atoms with Crippen LogP contribution in [0.2, 0.25) is 0 Å². The molecule has 0 amide bonds. The molecule has 0 saturated carbocycles. The molecule has 0 atom stereocenters. The number of anilines is 1. The van der Waals surface area contributed by atoms with Crippen molar-refractivity contribution >= 4 is 15.7 Å². The Morgan fingerprint density at radius 3 is 2.26 bits per heavy atom. The minimum atomic E-state index is -3.44. The van der Waals surface area contributed by atoms with E-state index >= 15 is 0 Å². The predicted molar refractivity (Wildman–Crippen MR) is 80.5 cm³/mol. The van der Waals surface area contributed by atoms with Gasteiger partial charge in [-0.15, -0.1) is 0 Å². The van der Waals surface area contributed by atoms with Crippen LogP contribution < -0.4 is 10.5 Å². The van der Waals surface area contributed by atoms with Crippen LogP contribution in [0.25, 0.3) is 0 Å². The van der Waals surface area contributed by atoms with Crippen LogP contribution in [0.1, 0.15) is 44.6 Å². The van der Waals surface area contributed by atoms with E-state index in [0.717, 1.165) is 17.8 Å². The van der Waals surface area contributed by atoms with Gasteiger partial charge in [0.15, 0.2) is 0 Å². The van der Waals surface area contributed by atoms with Gasteiger partial charge in [-0.2, -0.15) is 0 Å². The second-order valence-electron chi connectivity index (χ2n) is 4.85. The molecule has 108 valence electrons. The number of nitrogens with one attached hydrogen (secondary N) is 1. The molecule has 0 bridgehead atoms. The summed E-state index contributed by atoms with van der Waals surface area (Å²) in [7, 11) is -3.44. The SMILES string of the molecule is CCCCCCCNc1ccc(CS(N)(=O)=O)cc1. The molecule has 1 aromatic carbocycles. The molecule has 0 radical (unpaired) electrons. The lowest BCUT2D eigenvalue weighted by molar-refractivity contribution is 0.597. The standard InChI is InChI=1S/C14H24N2O2S/c1-2-3-4-5-6-11-16-14-9-7-13(8-10-14)12-19(15,17)18/h7-10,16H,2-6,11-12H2,1H3,(H2,15,17,18). The molecule has 19 heavy (non-hydrogen) atoms. The third-order valence-corrected chi connectivity index (χ3v) is 3.67. The molecular weight excluding hydrogens is 260 g/mol. The molecule has 5 heteroatoms. The number of rotatable bonds is 9. The number of hydrogen-bond acceptors (Lipinski definition) is 3. The Bertz CT molecular complexity index is 455. The predicted octanol–water partition coefficient (Wildman–Crippen LogP) is 2.86. The van der Waals surface area contributed by atoms with Gasteiger partial charge in [-0.05, 0) is 24.1 Å². The fourth-order valence-electron chi connectivity index (χ4n) is 1.91. The molecule has 3 N–H and O–H groups in total. The third kappa shape index (κ3) is 7.85. The minimum Gasteiger partial charge on any atom is -0.385 e. The highest BCUT2D eigenvalue weighted by atomic mass is 32.2. The zero-order valence-corrected chi connectivity index (χ0v) is 12.4. The van der Waals surface area contributed by atoms with Crippen LogP contribution in [0.3, 0.4) is 0 Å². The van der Waals surface area contributed by atoms with Crippen molar-refractivity contribution in [3.05, 3.63) is 29.8 Å². The highest BCUT2D eigenvalue weighted by molar-refractivity contribution is 7.88. The number of unbranched alkanes of at least 4 members (excludes halogenated alkanes) is 4. The lowest BCUT2D eigenvalue weighted by atomic mass is 10.1. The van der Waals surface area contributed by atoms with Crippen molar-refractivity contribution in [2.75, 3.05) is 11.9 Å². The number of nitrogens with two attached hydrogens (primary N) is 1. The Balaban J connectivity index is 2.28. The highest BCUT2D eigenvalue weighted by Gasteiger charge is 2.04. The van der Waals surface area contributed by atoms with E-state index < -0.39 is 10.0 Å². The molecule has 0 unspecified atom stereocenters. The molecule has 0 saturated heterocycles. The molecule has 0 aliphatic rings. The number of primary sulfonamides is 1. The Kier molecular flexibility index (Phi) is 6.87. The van der Waals surface area contributed by atoms with Crippen molar-refractivity contribution in [3.8, 4) is 0 Å². The summed E-state index contributed by atoms with van der Waals surface area (Å²) in [5.74, 6) is -0.107. The van der Waals surface area contributed by atoms with E-state index in [-0.39, 0.29) is 5.75 Å². The van der Waals surface area contributed by atoms with Crippen LogP contribution in [0.5, 0.6) is 0 Å². The summed E-state index contributed by atoms with van der Waals surface area (Å²) < 4.78 is 21.9. The molecule has 0 spiro atoms. The summed E-state index contributed by atoms with van der Waals surface area (Å²) in [5.41, 5.74) is 1.74. The average Bonchev–Trinajstić information content (AvgIpc) is 2.34. The van der Waals surface area contributed by atoms with E-state index in [1.807, 2.05) is 12.1 Å². The maximum absolute atomic E-state index is 10.9. The second-order valence-corrected chi connectivity index (χ2v) is 6.46. The van der Waals surface area contributed by atoms with Crippen LogP contribution >= 0.6 is 0 Å². The smallest absolute Gasteiger partial charge is 0.213 e. The van der Waals surface area contributed by atoms with Gasteiger partial charge in [0.1, 0.15) is 0 Å². The number of hydrogen-bond donors (Lipinski definition) is 2. The lowest BCUT2D eigenvalue weighted by Gasteiger charge is -2.07. The fourth-order valence-corrected chi connectivity index (χ4v) is 2.57. The molecule has 4 nitrogen and oxygen atoms in total. The number of sulfonamides is 1. The van der Waals surface area contributed by atoms with E-state index in [9.17, 15) is 8.42 Å². The van der Waals surface area contributed by atoms with Gasteiger partial charge in [0.25, 0.3) is 0 Å². The largest absolute Gasteiger partial charge is 0.385 e. The monoisotopic (exact) mass is 284 g/mol. The third-order valence-electron chi connectivity index (χ3n) is 2.93. The van der Waals surface area contributed by atoms with Gasteiger partial charge in [-0.25, -0.2) is 13.6 Å². The van der Waals surface area contributed by atoms with Gasteiger partial charge in [-0.1, -0.05) is 44.7 Å². The van der Waals surface area contributed by atoms with E-state index in [1.165, 1.54) is 32.1 Å². The summed E-state index contributed by atoms with van der Waals surface area (Å²) in [6.45, 7) is 3.17. The molecule has 0 aliphatic carbocycles. The van der Waals surface area contributed by atoms with Crippen LogP contribution in [0, 0.1) is 0 Å². The molecule has 0 heterocycles. The summed E-state index contributed by atoms with van der Waals surface area (Å²) in [6.07, 6.45) is 6.29. The normalized spacial score (nSPS) is 11.5. The van der Waals surface area contributed by atoms with Crippen molar-refractivity contribution in [1.82, 2.24) is 0 Å². The van der Waals surface area contributed by atoms with Crippen molar-refractivity contribution in [2.24, 2.45) is 5.14 Å². The first kappa shape index (κ1) is 16.0. The van der Waals surface area contributed by atoms with Gasteiger partial charge in [-0.3, -0.25) is 0 Å². The quantitative estimate of drug-likeness (QED) is 0.685. The van der Waals surface area contributed by atoms with Crippen molar-refractivity contribution in [2.45, 2.75) is 44.8 Å². The molecule has 1 rings (SSSR count). The van der Waals surface area contributed by atoms with Crippen LogP contribution in [-0.4, -0.2) is 15.0 Å². The van der Waals surface area contributed by atoms with Gasteiger partial charge in [0.2, 0.25) is 10.0 Å². The van der Waals surface area contributed by atoms with Crippen LogP contribution in [-0.2, 0) is 15.8 Å². The molecule has 0 fully saturated rings. The van der Waals surface area contributed by atoms with E-state index in [1.54, 1.807) is 12.1 Å². The van der Waals surface area contributed by atoms with Crippen LogP contribution in [0.15, 0.2) is 24.3 Å². The Hall–Kier alpha value is -1.07. The van der Waals surface area contributed by atoms with Crippen LogP contribution in [0.4, 0.5) is 5.69 Å². The summed E-state index contributed by atoms with van der Waals surface area (Å²) in [6, 6.07) is 7.38. The maximum atomic E-state index is 10.9. The molecule has 0 aromatic heterocycles. The summed E-state index contributed by atoms with van der Waals surface area (Å²) in [5, 5.41) is 8.33. The van der Waals surface area contributed by atoms with Gasteiger partial charge >= 0.3 is 0 Å². The topological polar surface area (TPSA) is 72.2 Å². The van der Waals surface area contributed by atoms with Crippen molar-refractivity contribution in [3.63, 3.8) is 0 Å². The lowest BCUT2D eigenvalue weighted by Crippen LogP contribution is -2.14.